The highest BCUT2D eigenvalue weighted by molar-refractivity contribution is 4.93. The number of rotatable bonds is 10. The van der Waals surface area contributed by atoms with Gasteiger partial charge in [0.2, 0.25) is 0 Å². The van der Waals surface area contributed by atoms with Gasteiger partial charge in [0.05, 0.1) is 50.8 Å². The molecule has 0 N–H and O–H groups in total. The summed E-state index contributed by atoms with van der Waals surface area (Å²) in [4.78, 5) is 0. The number of epoxide rings is 1. The van der Waals surface area contributed by atoms with Crippen molar-refractivity contribution in [3.63, 3.8) is 0 Å². The fourth-order valence-corrected chi connectivity index (χ4v) is 5.78. The van der Waals surface area contributed by atoms with Gasteiger partial charge in [0.25, 0.3) is 0 Å². The minimum atomic E-state index is 0.0754. The Bertz CT molecular complexity index is 520. The Hall–Kier alpha value is -0.200. The summed E-state index contributed by atoms with van der Waals surface area (Å²) in [6.07, 6.45) is 11.5. The first-order chi connectivity index (χ1) is 14.5. The van der Waals surface area contributed by atoms with Gasteiger partial charge in [0.15, 0.2) is 0 Å². The Morgan fingerprint density at radius 3 is 2.23 bits per heavy atom. The molecule has 3 aliphatic heterocycles. The van der Waals surface area contributed by atoms with E-state index in [1.165, 1.54) is 32.1 Å². The Morgan fingerprint density at radius 2 is 1.53 bits per heavy atom. The third kappa shape index (κ3) is 6.90. The van der Waals surface area contributed by atoms with Crippen LogP contribution in [-0.2, 0) is 23.7 Å². The lowest BCUT2D eigenvalue weighted by molar-refractivity contribution is -0.0749. The smallest absolute Gasteiger partial charge is 0.0844 e. The monoisotopic (exact) mass is 424 g/mol. The second-order valence-corrected chi connectivity index (χ2v) is 11.1. The van der Waals surface area contributed by atoms with Crippen molar-refractivity contribution in [2.24, 2.45) is 23.2 Å². The summed E-state index contributed by atoms with van der Waals surface area (Å²) < 4.78 is 29.9. The minimum Gasteiger partial charge on any atom is -0.381 e. The summed E-state index contributed by atoms with van der Waals surface area (Å²) in [7, 11) is 0. The molecule has 0 amide bonds. The van der Waals surface area contributed by atoms with Gasteiger partial charge in [-0.2, -0.15) is 0 Å². The molecule has 0 aromatic carbocycles. The van der Waals surface area contributed by atoms with Crippen LogP contribution in [0.25, 0.3) is 0 Å². The van der Waals surface area contributed by atoms with Crippen molar-refractivity contribution in [1.29, 1.82) is 0 Å². The van der Waals surface area contributed by atoms with E-state index in [9.17, 15) is 0 Å². The molecule has 5 heteroatoms. The van der Waals surface area contributed by atoms with E-state index < -0.39 is 0 Å². The third-order valence-electron chi connectivity index (χ3n) is 7.69. The van der Waals surface area contributed by atoms with Crippen molar-refractivity contribution < 1.29 is 23.7 Å². The zero-order chi connectivity index (χ0) is 21.0. The van der Waals surface area contributed by atoms with Crippen LogP contribution in [0, 0.1) is 23.2 Å². The maximum Gasteiger partial charge on any atom is 0.0844 e. The van der Waals surface area contributed by atoms with Crippen LogP contribution in [0.1, 0.15) is 72.1 Å². The standard InChI is InChI=1S/C25H44O5/c1-18-4-5-22(15-29-18)14-27-17-25(3,12-20-6-7-23-24(11-20)30-23)16-26-13-21-8-9-28-19(2)10-21/h18-24H,4-17H2,1-3H3. The topological polar surface area (TPSA) is 49.5 Å². The molecular formula is C25H44O5. The fraction of sp³-hybridized carbons (Fsp3) is 1.00. The third-order valence-corrected chi connectivity index (χ3v) is 7.69. The van der Waals surface area contributed by atoms with Crippen LogP contribution in [-0.4, -0.2) is 64.1 Å². The molecule has 0 radical (unpaired) electrons. The van der Waals surface area contributed by atoms with Crippen LogP contribution in [0.15, 0.2) is 0 Å². The van der Waals surface area contributed by atoms with E-state index in [-0.39, 0.29) is 5.41 Å². The largest absolute Gasteiger partial charge is 0.381 e. The highest BCUT2D eigenvalue weighted by atomic mass is 16.6. The predicted molar refractivity (Wildman–Crippen MR) is 117 cm³/mol. The Kier molecular flexibility index (Phi) is 8.13. The zero-order valence-electron chi connectivity index (χ0n) is 19.5. The van der Waals surface area contributed by atoms with E-state index in [0.717, 1.165) is 64.8 Å². The summed E-state index contributed by atoms with van der Waals surface area (Å²) in [5, 5.41) is 0. The second kappa shape index (κ2) is 10.6. The quantitative estimate of drug-likeness (QED) is 0.479. The van der Waals surface area contributed by atoms with E-state index in [1.54, 1.807) is 0 Å². The summed E-state index contributed by atoms with van der Waals surface area (Å²) >= 11 is 0. The van der Waals surface area contributed by atoms with Gasteiger partial charge < -0.3 is 23.7 Å². The Balaban J connectivity index is 1.24. The molecular weight excluding hydrogens is 380 g/mol. The van der Waals surface area contributed by atoms with E-state index in [1.807, 2.05) is 0 Å². The van der Waals surface area contributed by atoms with E-state index >= 15 is 0 Å². The molecule has 4 fully saturated rings. The average Bonchev–Trinajstić information content (AvgIpc) is 3.48. The van der Waals surface area contributed by atoms with E-state index in [0.29, 0.717) is 36.3 Å². The van der Waals surface area contributed by atoms with Gasteiger partial charge in [-0.1, -0.05) is 6.92 Å². The molecule has 0 aromatic heterocycles. The lowest BCUT2D eigenvalue weighted by Crippen LogP contribution is -2.36. The van der Waals surface area contributed by atoms with Crippen LogP contribution in [0.4, 0.5) is 0 Å². The van der Waals surface area contributed by atoms with Gasteiger partial charge in [0, 0.05) is 24.5 Å². The fourth-order valence-electron chi connectivity index (χ4n) is 5.78. The van der Waals surface area contributed by atoms with Crippen LogP contribution in [0.2, 0.25) is 0 Å². The summed E-state index contributed by atoms with van der Waals surface area (Å²) in [5.74, 6) is 1.92. The molecule has 8 unspecified atom stereocenters. The molecule has 30 heavy (non-hydrogen) atoms. The average molecular weight is 425 g/mol. The van der Waals surface area contributed by atoms with Gasteiger partial charge in [-0.3, -0.25) is 0 Å². The number of fused-ring (bicyclic) bond motifs is 1. The molecule has 0 bridgehead atoms. The molecule has 1 aliphatic carbocycles. The molecule has 4 rings (SSSR count). The van der Waals surface area contributed by atoms with Crippen LogP contribution < -0.4 is 0 Å². The molecule has 8 atom stereocenters. The molecule has 5 nitrogen and oxygen atoms in total. The number of hydrogen-bond acceptors (Lipinski definition) is 5. The summed E-state index contributed by atoms with van der Waals surface area (Å²) in [6.45, 7) is 11.7. The van der Waals surface area contributed by atoms with Gasteiger partial charge in [-0.15, -0.1) is 0 Å². The number of ether oxygens (including phenoxy) is 5. The van der Waals surface area contributed by atoms with Crippen molar-refractivity contribution in [1.82, 2.24) is 0 Å². The van der Waals surface area contributed by atoms with Gasteiger partial charge in [0.1, 0.15) is 0 Å². The lowest BCUT2D eigenvalue weighted by atomic mass is 9.76. The summed E-state index contributed by atoms with van der Waals surface area (Å²) in [5.41, 5.74) is 0.0754. The van der Waals surface area contributed by atoms with Crippen LogP contribution in [0.3, 0.4) is 0 Å². The minimum absolute atomic E-state index is 0.0754. The molecule has 1 saturated carbocycles. The highest BCUT2D eigenvalue weighted by Gasteiger charge is 2.45. The molecule has 0 aromatic rings. The van der Waals surface area contributed by atoms with Gasteiger partial charge in [-0.05, 0) is 77.0 Å². The van der Waals surface area contributed by atoms with Crippen molar-refractivity contribution in [2.75, 3.05) is 39.6 Å². The maximum absolute atomic E-state index is 6.33. The lowest BCUT2D eigenvalue weighted by Gasteiger charge is -2.35. The first-order valence-corrected chi connectivity index (χ1v) is 12.5. The Morgan fingerprint density at radius 1 is 0.767 bits per heavy atom. The van der Waals surface area contributed by atoms with Crippen molar-refractivity contribution >= 4 is 0 Å². The van der Waals surface area contributed by atoms with E-state index in [4.69, 9.17) is 23.7 Å². The van der Waals surface area contributed by atoms with E-state index in [2.05, 4.69) is 20.8 Å². The SMILES string of the molecule is CC1CCC(COCC(C)(COCC2CCOC(C)C2)CC2CCC3OC3C2)CO1. The molecule has 3 heterocycles. The van der Waals surface area contributed by atoms with Crippen molar-refractivity contribution in [3.05, 3.63) is 0 Å². The van der Waals surface area contributed by atoms with Crippen LogP contribution >= 0.6 is 0 Å². The van der Waals surface area contributed by atoms with Crippen LogP contribution in [0.5, 0.6) is 0 Å². The molecule has 0 spiro atoms. The highest BCUT2D eigenvalue weighted by Crippen LogP contribution is 2.43. The van der Waals surface area contributed by atoms with Crippen molar-refractivity contribution in [3.8, 4) is 0 Å². The first-order valence-electron chi connectivity index (χ1n) is 12.5. The number of hydrogen-bond donors (Lipinski definition) is 0. The maximum atomic E-state index is 6.33. The Labute approximate surface area is 183 Å². The molecule has 4 aliphatic rings. The molecule has 3 saturated heterocycles. The van der Waals surface area contributed by atoms with Gasteiger partial charge in [-0.25, -0.2) is 0 Å². The predicted octanol–water partition coefficient (Wildman–Crippen LogP) is 4.61. The second-order valence-electron chi connectivity index (χ2n) is 11.1. The van der Waals surface area contributed by atoms with Gasteiger partial charge >= 0.3 is 0 Å². The van der Waals surface area contributed by atoms with Crippen molar-refractivity contribution in [2.45, 2.75) is 96.6 Å². The normalized spacial score (nSPS) is 41.1. The first kappa shape index (κ1) is 23.0. The summed E-state index contributed by atoms with van der Waals surface area (Å²) in [6, 6.07) is 0. The zero-order valence-corrected chi connectivity index (χ0v) is 19.5. The molecule has 174 valence electrons.